The molecule has 1 saturated heterocycles. The Hall–Kier alpha value is -1.28. The van der Waals surface area contributed by atoms with Crippen molar-refractivity contribution in [2.24, 2.45) is 11.3 Å². The second-order valence-corrected chi connectivity index (χ2v) is 6.60. The molecule has 2 nitrogen and oxygen atoms in total. The maximum absolute atomic E-state index is 5.28. The highest BCUT2D eigenvalue weighted by molar-refractivity contribution is 5.70. The maximum Gasteiger partial charge on any atom is 0.118 e. The molecule has 2 heteroatoms. The van der Waals surface area contributed by atoms with Crippen molar-refractivity contribution >= 4 is 5.57 Å². The van der Waals surface area contributed by atoms with Crippen LogP contribution in [-0.2, 0) is 0 Å². The molecule has 1 aliphatic heterocycles. The van der Waals surface area contributed by atoms with Gasteiger partial charge < -0.3 is 10.1 Å². The van der Waals surface area contributed by atoms with Gasteiger partial charge in [0.1, 0.15) is 5.75 Å². The largest absolute Gasteiger partial charge is 0.497 e. The molecule has 3 rings (SSSR count). The van der Waals surface area contributed by atoms with Gasteiger partial charge in [-0.1, -0.05) is 31.6 Å². The molecule has 21 heavy (non-hydrogen) atoms. The third-order valence-corrected chi connectivity index (χ3v) is 5.80. The van der Waals surface area contributed by atoms with Crippen LogP contribution in [0.3, 0.4) is 0 Å². The molecule has 0 aromatic heterocycles. The molecule has 1 aromatic carbocycles. The molecule has 1 fully saturated rings. The highest BCUT2D eigenvalue weighted by Gasteiger charge is 2.43. The number of allylic oxidation sites excluding steroid dienone is 2. The molecule has 1 N–H and O–H groups in total. The number of hydrogen-bond acceptors (Lipinski definition) is 2. The molecule has 1 spiro atoms. The summed E-state index contributed by atoms with van der Waals surface area (Å²) in [6, 6.07) is 8.62. The number of nitrogens with one attached hydrogen (secondary N) is 1. The highest BCUT2D eigenvalue weighted by Crippen LogP contribution is 2.50. The molecule has 0 amide bonds. The molecule has 2 unspecified atom stereocenters. The van der Waals surface area contributed by atoms with Gasteiger partial charge in [-0.05, 0) is 66.8 Å². The summed E-state index contributed by atoms with van der Waals surface area (Å²) >= 11 is 0. The number of rotatable bonds is 3. The first kappa shape index (κ1) is 14.6. The van der Waals surface area contributed by atoms with Crippen LogP contribution in [-0.4, -0.2) is 20.2 Å². The summed E-state index contributed by atoms with van der Waals surface area (Å²) in [4.78, 5) is 0. The molecular formula is C19H27NO. The second-order valence-electron chi connectivity index (χ2n) is 6.60. The van der Waals surface area contributed by atoms with Crippen molar-refractivity contribution in [1.82, 2.24) is 5.32 Å². The lowest BCUT2D eigenvalue weighted by Crippen LogP contribution is -2.35. The minimum atomic E-state index is 0.515. The monoisotopic (exact) mass is 285 g/mol. The van der Waals surface area contributed by atoms with Gasteiger partial charge in [0, 0.05) is 6.54 Å². The highest BCUT2D eigenvalue weighted by atomic mass is 16.5. The predicted molar refractivity (Wildman–Crippen MR) is 88.5 cm³/mol. The van der Waals surface area contributed by atoms with E-state index in [4.69, 9.17) is 4.74 Å². The fraction of sp³-hybridized carbons (Fsp3) is 0.579. The summed E-state index contributed by atoms with van der Waals surface area (Å²) in [5.74, 6) is 1.64. The Balaban J connectivity index is 1.95. The van der Waals surface area contributed by atoms with E-state index in [-0.39, 0.29) is 0 Å². The zero-order chi connectivity index (χ0) is 14.9. The first-order valence-electron chi connectivity index (χ1n) is 8.27. The van der Waals surface area contributed by atoms with Gasteiger partial charge in [-0.2, -0.15) is 0 Å². The van der Waals surface area contributed by atoms with Crippen LogP contribution in [0.5, 0.6) is 5.75 Å². The topological polar surface area (TPSA) is 21.3 Å². The lowest BCUT2D eigenvalue weighted by molar-refractivity contribution is 0.202. The Morgan fingerprint density at radius 1 is 1.24 bits per heavy atom. The molecule has 2 atom stereocenters. The lowest BCUT2D eigenvalue weighted by atomic mass is 9.63. The van der Waals surface area contributed by atoms with Crippen molar-refractivity contribution in [3.8, 4) is 5.75 Å². The fourth-order valence-electron chi connectivity index (χ4n) is 4.37. The van der Waals surface area contributed by atoms with Crippen molar-refractivity contribution in [3.63, 3.8) is 0 Å². The van der Waals surface area contributed by atoms with Gasteiger partial charge in [-0.25, -0.2) is 0 Å². The van der Waals surface area contributed by atoms with E-state index in [1.807, 2.05) is 0 Å². The molecule has 2 aliphatic rings. The third kappa shape index (κ3) is 2.50. The van der Waals surface area contributed by atoms with Crippen LogP contribution in [0, 0.1) is 11.3 Å². The van der Waals surface area contributed by atoms with Crippen LogP contribution >= 0.6 is 0 Å². The van der Waals surface area contributed by atoms with E-state index in [0.717, 1.165) is 5.75 Å². The van der Waals surface area contributed by atoms with E-state index >= 15 is 0 Å². The zero-order valence-corrected chi connectivity index (χ0v) is 13.5. The number of methoxy groups -OCH3 is 1. The van der Waals surface area contributed by atoms with Gasteiger partial charge in [0.2, 0.25) is 0 Å². The number of ether oxygens (including phenoxy) is 1. The van der Waals surface area contributed by atoms with Crippen LogP contribution in [0.25, 0.3) is 5.57 Å². The molecule has 0 radical (unpaired) electrons. The quantitative estimate of drug-likeness (QED) is 0.895. The van der Waals surface area contributed by atoms with Crippen molar-refractivity contribution in [1.29, 1.82) is 0 Å². The van der Waals surface area contributed by atoms with E-state index < -0.39 is 0 Å². The van der Waals surface area contributed by atoms with Crippen molar-refractivity contribution < 1.29 is 4.74 Å². The van der Waals surface area contributed by atoms with Crippen LogP contribution in [0.4, 0.5) is 0 Å². The Morgan fingerprint density at radius 2 is 2.00 bits per heavy atom. The summed E-state index contributed by atoms with van der Waals surface area (Å²) in [6.45, 7) is 7.16. The minimum absolute atomic E-state index is 0.515. The number of benzene rings is 1. The summed E-state index contributed by atoms with van der Waals surface area (Å²) in [5, 5.41) is 3.59. The van der Waals surface area contributed by atoms with Crippen molar-refractivity contribution in [2.45, 2.75) is 39.5 Å². The molecule has 114 valence electrons. The number of hydrogen-bond donors (Lipinski definition) is 1. The van der Waals surface area contributed by atoms with Gasteiger partial charge in [0.05, 0.1) is 7.11 Å². The van der Waals surface area contributed by atoms with E-state index in [2.05, 4.69) is 43.4 Å². The maximum atomic E-state index is 5.28. The Morgan fingerprint density at radius 3 is 2.57 bits per heavy atom. The van der Waals surface area contributed by atoms with Crippen LogP contribution < -0.4 is 10.1 Å². The Kier molecular flexibility index (Phi) is 4.08. The first-order valence-corrected chi connectivity index (χ1v) is 8.27. The molecule has 1 heterocycles. The first-order chi connectivity index (χ1) is 10.2. The fourth-order valence-corrected chi connectivity index (χ4v) is 4.37. The average molecular weight is 285 g/mol. The summed E-state index contributed by atoms with van der Waals surface area (Å²) in [5.41, 5.74) is 5.17. The minimum Gasteiger partial charge on any atom is -0.497 e. The van der Waals surface area contributed by atoms with E-state index in [1.54, 1.807) is 18.3 Å². The Labute approximate surface area is 128 Å². The summed E-state index contributed by atoms with van der Waals surface area (Å²) < 4.78 is 5.28. The van der Waals surface area contributed by atoms with Crippen molar-refractivity contribution in [3.05, 3.63) is 35.4 Å². The van der Waals surface area contributed by atoms with E-state index in [1.165, 1.54) is 44.3 Å². The SMILES string of the molecule is CCC1=C(c2ccc(OC)cc2)CCC2(CCNC2)C1C. The molecule has 1 aliphatic carbocycles. The third-order valence-electron chi connectivity index (χ3n) is 5.80. The van der Waals surface area contributed by atoms with Gasteiger partial charge in [0.15, 0.2) is 0 Å². The van der Waals surface area contributed by atoms with Crippen LogP contribution in [0.1, 0.15) is 45.1 Å². The van der Waals surface area contributed by atoms with E-state index in [0.29, 0.717) is 11.3 Å². The standard InChI is InChI=1S/C19H27NO/c1-4-17-14(2)19(11-12-20-13-19)10-9-18(17)15-5-7-16(21-3)8-6-15/h5-8,14,20H,4,9-13H2,1-3H3. The summed E-state index contributed by atoms with van der Waals surface area (Å²) in [6.07, 6.45) is 5.06. The summed E-state index contributed by atoms with van der Waals surface area (Å²) in [7, 11) is 1.73. The van der Waals surface area contributed by atoms with Gasteiger partial charge in [0.25, 0.3) is 0 Å². The molecular weight excluding hydrogens is 258 g/mol. The second kappa shape index (κ2) is 5.84. The Bertz CT molecular complexity index is 523. The van der Waals surface area contributed by atoms with Crippen LogP contribution in [0.2, 0.25) is 0 Å². The van der Waals surface area contributed by atoms with Gasteiger partial charge in [-0.3, -0.25) is 0 Å². The molecule has 0 bridgehead atoms. The van der Waals surface area contributed by atoms with Gasteiger partial charge in [-0.15, -0.1) is 0 Å². The average Bonchev–Trinajstić information content (AvgIpc) is 3.00. The van der Waals surface area contributed by atoms with E-state index in [9.17, 15) is 0 Å². The molecule has 0 saturated carbocycles. The van der Waals surface area contributed by atoms with Crippen LogP contribution in [0.15, 0.2) is 29.8 Å². The molecule has 1 aromatic rings. The van der Waals surface area contributed by atoms with Crippen molar-refractivity contribution in [2.75, 3.05) is 20.2 Å². The van der Waals surface area contributed by atoms with Gasteiger partial charge >= 0.3 is 0 Å². The lowest BCUT2D eigenvalue weighted by Gasteiger charge is -2.42. The predicted octanol–water partition coefficient (Wildman–Crippen LogP) is 4.27. The smallest absolute Gasteiger partial charge is 0.118 e. The zero-order valence-electron chi connectivity index (χ0n) is 13.5. The normalized spacial score (nSPS) is 29.2.